The Morgan fingerprint density at radius 1 is 1.29 bits per heavy atom. The lowest BCUT2D eigenvalue weighted by molar-refractivity contribution is 0.222. The molecule has 0 aliphatic carbocycles. The minimum atomic E-state index is -0.198. The molecule has 0 aliphatic heterocycles. The molecule has 5 heteroatoms. The molecular formula is C19H26N2O3. The molecule has 2 rings (SSSR count). The average Bonchev–Trinajstić information content (AvgIpc) is 2.50. The van der Waals surface area contributed by atoms with E-state index < -0.39 is 0 Å². The summed E-state index contributed by atoms with van der Waals surface area (Å²) in [7, 11) is 0. The zero-order valence-electron chi connectivity index (χ0n) is 15.1. The van der Waals surface area contributed by atoms with E-state index in [1.165, 1.54) is 0 Å². The summed E-state index contributed by atoms with van der Waals surface area (Å²) in [5.74, 6) is 0.733. The maximum absolute atomic E-state index is 12.9. The first-order chi connectivity index (χ1) is 11.3. The van der Waals surface area contributed by atoms with Crippen molar-refractivity contribution < 1.29 is 9.47 Å². The van der Waals surface area contributed by atoms with Gasteiger partial charge in [0, 0.05) is 17.6 Å². The molecule has 0 atom stereocenters. The highest BCUT2D eigenvalue weighted by Crippen LogP contribution is 2.34. The predicted molar refractivity (Wildman–Crippen MR) is 99.0 cm³/mol. The van der Waals surface area contributed by atoms with Crippen LogP contribution in [0, 0.1) is 0 Å². The van der Waals surface area contributed by atoms with Gasteiger partial charge in [0.15, 0.2) is 5.75 Å². The smallest absolute Gasteiger partial charge is 0.297 e. The number of pyridine rings is 1. The van der Waals surface area contributed by atoms with Crippen LogP contribution >= 0.6 is 0 Å². The molecule has 0 aliphatic rings. The van der Waals surface area contributed by atoms with Crippen molar-refractivity contribution in [2.75, 3.05) is 12.3 Å². The first-order valence-electron chi connectivity index (χ1n) is 8.24. The second kappa shape index (κ2) is 7.43. The number of ether oxygens (including phenoxy) is 2. The lowest BCUT2D eigenvalue weighted by Gasteiger charge is -2.19. The number of anilines is 1. The van der Waals surface area contributed by atoms with Crippen molar-refractivity contribution in [3.8, 4) is 11.5 Å². The van der Waals surface area contributed by atoms with Crippen LogP contribution in [0.4, 0.5) is 5.69 Å². The number of nitrogens with two attached hydrogens (primary N) is 1. The van der Waals surface area contributed by atoms with Crippen LogP contribution in [0.3, 0.4) is 0 Å². The van der Waals surface area contributed by atoms with Gasteiger partial charge in [0.25, 0.3) is 5.56 Å². The Balaban J connectivity index is 2.73. The van der Waals surface area contributed by atoms with Crippen LogP contribution in [0.5, 0.6) is 11.5 Å². The van der Waals surface area contributed by atoms with E-state index >= 15 is 0 Å². The Kier molecular flexibility index (Phi) is 5.54. The van der Waals surface area contributed by atoms with Crippen LogP contribution in [-0.4, -0.2) is 17.3 Å². The van der Waals surface area contributed by atoms with Crippen LogP contribution in [0.2, 0.25) is 0 Å². The van der Waals surface area contributed by atoms with E-state index in [2.05, 4.69) is 0 Å². The SMILES string of the molecule is CCn1c(=O)c(OC(C)C)c(OCC=C(C)C)c2ccc(N)cc21. The zero-order valence-corrected chi connectivity index (χ0v) is 15.1. The van der Waals surface area contributed by atoms with Gasteiger partial charge in [-0.25, -0.2) is 0 Å². The molecule has 2 N–H and O–H groups in total. The fourth-order valence-corrected chi connectivity index (χ4v) is 2.50. The average molecular weight is 330 g/mol. The molecule has 1 aromatic carbocycles. The van der Waals surface area contributed by atoms with Gasteiger partial charge in [0.1, 0.15) is 6.61 Å². The van der Waals surface area contributed by atoms with E-state index in [1.807, 2.05) is 46.8 Å². The van der Waals surface area contributed by atoms with Crippen LogP contribution in [0.15, 0.2) is 34.6 Å². The van der Waals surface area contributed by atoms with Gasteiger partial charge < -0.3 is 19.8 Å². The summed E-state index contributed by atoms with van der Waals surface area (Å²) in [4.78, 5) is 12.9. The third-order valence-electron chi connectivity index (χ3n) is 3.59. The Hall–Kier alpha value is -2.43. The van der Waals surface area contributed by atoms with Crippen molar-refractivity contribution in [1.29, 1.82) is 0 Å². The van der Waals surface area contributed by atoms with Crippen LogP contribution in [0.25, 0.3) is 10.9 Å². The second-order valence-electron chi connectivity index (χ2n) is 6.24. The van der Waals surface area contributed by atoms with Crippen molar-refractivity contribution in [1.82, 2.24) is 4.57 Å². The van der Waals surface area contributed by atoms with E-state index in [0.717, 1.165) is 16.5 Å². The van der Waals surface area contributed by atoms with Gasteiger partial charge in [-0.1, -0.05) is 5.57 Å². The molecule has 0 amide bonds. The van der Waals surface area contributed by atoms with Gasteiger partial charge in [-0.05, 0) is 58.9 Å². The molecule has 0 unspecified atom stereocenters. The lowest BCUT2D eigenvalue weighted by Crippen LogP contribution is -2.25. The number of aryl methyl sites for hydroxylation is 1. The maximum Gasteiger partial charge on any atom is 0.297 e. The first-order valence-corrected chi connectivity index (χ1v) is 8.24. The molecule has 0 saturated carbocycles. The van der Waals surface area contributed by atoms with Gasteiger partial charge in [0.05, 0.1) is 11.6 Å². The second-order valence-corrected chi connectivity index (χ2v) is 6.24. The number of nitrogens with zero attached hydrogens (tertiary/aromatic N) is 1. The van der Waals surface area contributed by atoms with E-state index in [4.69, 9.17) is 15.2 Å². The molecule has 24 heavy (non-hydrogen) atoms. The number of hydrogen-bond donors (Lipinski definition) is 1. The normalized spacial score (nSPS) is 10.9. The van der Waals surface area contributed by atoms with Gasteiger partial charge in [0.2, 0.25) is 5.75 Å². The summed E-state index contributed by atoms with van der Waals surface area (Å²) in [6.07, 6.45) is 1.84. The number of rotatable bonds is 6. The Labute approximate surface area is 142 Å². The minimum Gasteiger partial charge on any atom is -0.485 e. The summed E-state index contributed by atoms with van der Waals surface area (Å²) in [5.41, 5.74) is 8.23. The number of nitrogen functional groups attached to an aromatic ring is 1. The largest absolute Gasteiger partial charge is 0.485 e. The number of benzene rings is 1. The summed E-state index contributed by atoms with van der Waals surface area (Å²) in [6.45, 7) is 10.6. The molecule has 0 radical (unpaired) electrons. The van der Waals surface area contributed by atoms with Crippen molar-refractivity contribution >= 4 is 16.6 Å². The molecule has 0 bridgehead atoms. The molecular weight excluding hydrogens is 304 g/mol. The number of aromatic nitrogens is 1. The number of hydrogen-bond acceptors (Lipinski definition) is 4. The van der Waals surface area contributed by atoms with Gasteiger partial charge in [-0.15, -0.1) is 0 Å². The van der Waals surface area contributed by atoms with E-state index in [1.54, 1.807) is 16.7 Å². The minimum absolute atomic E-state index is 0.125. The summed E-state index contributed by atoms with van der Waals surface area (Å²) < 4.78 is 13.4. The van der Waals surface area contributed by atoms with Crippen LogP contribution in [-0.2, 0) is 6.54 Å². The third-order valence-corrected chi connectivity index (χ3v) is 3.59. The van der Waals surface area contributed by atoms with Crippen molar-refractivity contribution in [3.05, 3.63) is 40.2 Å². The fraction of sp³-hybridized carbons (Fsp3) is 0.421. The molecule has 0 saturated heterocycles. The number of fused-ring (bicyclic) bond motifs is 1. The van der Waals surface area contributed by atoms with Gasteiger partial charge in [-0.3, -0.25) is 4.79 Å². The standard InChI is InChI=1S/C19H26N2O3/c1-6-21-16-11-14(20)7-8-15(16)17(23-10-9-12(2)3)18(19(21)22)24-13(4)5/h7-9,11,13H,6,10,20H2,1-5H3. The topological polar surface area (TPSA) is 66.5 Å². The van der Waals surface area contributed by atoms with Crippen LogP contribution < -0.4 is 20.8 Å². The van der Waals surface area contributed by atoms with E-state index in [0.29, 0.717) is 24.6 Å². The Morgan fingerprint density at radius 3 is 2.58 bits per heavy atom. The monoisotopic (exact) mass is 330 g/mol. The first kappa shape index (κ1) is 17.9. The maximum atomic E-state index is 12.9. The summed E-state index contributed by atoms with van der Waals surface area (Å²) in [6, 6.07) is 5.48. The molecule has 0 spiro atoms. The highest BCUT2D eigenvalue weighted by atomic mass is 16.5. The van der Waals surface area contributed by atoms with E-state index in [9.17, 15) is 4.79 Å². The molecule has 1 heterocycles. The lowest BCUT2D eigenvalue weighted by atomic mass is 10.1. The predicted octanol–water partition coefficient (Wildman–Crippen LogP) is 3.74. The van der Waals surface area contributed by atoms with Crippen LogP contribution in [0.1, 0.15) is 34.6 Å². The van der Waals surface area contributed by atoms with Gasteiger partial charge >= 0.3 is 0 Å². The van der Waals surface area contributed by atoms with Crippen molar-refractivity contribution in [2.45, 2.75) is 47.3 Å². The molecule has 1 aromatic heterocycles. The summed E-state index contributed by atoms with van der Waals surface area (Å²) in [5, 5.41) is 0.823. The highest BCUT2D eigenvalue weighted by molar-refractivity contribution is 5.90. The van der Waals surface area contributed by atoms with E-state index in [-0.39, 0.29) is 17.4 Å². The van der Waals surface area contributed by atoms with Gasteiger partial charge in [-0.2, -0.15) is 0 Å². The molecule has 130 valence electrons. The fourth-order valence-electron chi connectivity index (χ4n) is 2.50. The quantitative estimate of drug-likeness (QED) is 0.647. The van der Waals surface area contributed by atoms with Crippen molar-refractivity contribution in [2.24, 2.45) is 0 Å². The zero-order chi connectivity index (χ0) is 17.9. The number of allylic oxidation sites excluding steroid dienone is 1. The van der Waals surface area contributed by atoms with Crippen molar-refractivity contribution in [3.63, 3.8) is 0 Å². The molecule has 5 nitrogen and oxygen atoms in total. The molecule has 0 fully saturated rings. The Morgan fingerprint density at radius 2 is 2.00 bits per heavy atom. The third kappa shape index (κ3) is 3.72. The molecule has 2 aromatic rings. The summed E-state index contributed by atoms with van der Waals surface area (Å²) >= 11 is 0. The Bertz CT molecular complexity index is 815. The highest BCUT2D eigenvalue weighted by Gasteiger charge is 2.20.